The van der Waals surface area contributed by atoms with Crippen molar-refractivity contribution in [2.75, 3.05) is 0 Å². The van der Waals surface area contributed by atoms with Crippen molar-refractivity contribution in [3.05, 3.63) is 51.7 Å². The molecule has 0 amide bonds. The van der Waals surface area contributed by atoms with Gasteiger partial charge in [-0.15, -0.1) is 21.5 Å². The van der Waals surface area contributed by atoms with E-state index >= 15 is 0 Å². The molecule has 0 unspecified atom stereocenters. The van der Waals surface area contributed by atoms with Crippen molar-refractivity contribution in [1.82, 2.24) is 20.6 Å². The van der Waals surface area contributed by atoms with Crippen molar-refractivity contribution in [3.63, 3.8) is 0 Å². The largest absolute Gasteiger partial charge is 0.297 e. The number of carbonyl (C=O) groups is 1. The van der Waals surface area contributed by atoms with Gasteiger partial charge in [0.2, 0.25) is 5.82 Å². The van der Waals surface area contributed by atoms with Crippen LogP contribution >= 0.6 is 11.3 Å². The summed E-state index contributed by atoms with van der Waals surface area (Å²) < 4.78 is 0. The highest BCUT2D eigenvalue weighted by Gasteiger charge is 2.14. The molecule has 19 heavy (non-hydrogen) atoms. The number of thiophene rings is 1. The van der Waals surface area contributed by atoms with Crippen LogP contribution in [0.25, 0.3) is 11.4 Å². The summed E-state index contributed by atoms with van der Waals surface area (Å²) in [4.78, 5) is 12.8. The smallest absolute Gasteiger partial charge is 0.206 e. The number of aromatic nitrogens is 4. The fourth-order valence-corrected chi connectivity index (χ4v) is 2.89. The molecule has 0 saturated carbocycles. The zero-order chi connectivity index (χ0) is 13.1. The molecule has 0 atom stereocenters. The molecule has 1 aromatic carbocycles. The van der Waals surface area contributed by atoms with Gasteiger partial charge in [-0.25, -0.2) is 0 Å². The summed E-state index contributed by atoms with van der Waals surface area (Å²) in [5, 5.41) is 13.7. The van der Waals surface area contributed by atoms with Gasteiger partial charge >= 0.3 is 0 Å². The Balaban J connectivity index is 1.94. The number of aldehydes is 1. The lowest BCUT2D eigenvalue weighted by molar-refractivity contribution is 0.112. The maximum atomic E-state index is 11.1. The number of rotatable bonds is 4. The van der Waals surface area contributed by atoms with E-state index in [1.165, 1.54) is 16.9 Å². The van der Waals surface area contributed by atoms with Crippen LogP contribution in [0.3, 0.4) is 0 Å². The Hall–Kier alpha value is -2.34. The Morgan fingerprint density at radius 2 is 2.11 bits per heavy atom. The van der Waals surface area contributed by atoms with Gasteiger partial charge in [0, 0.05) is 16.9 Å². The van der Waals surface area contributed by atoms with Gasteiger partial charge in [-0.2, -0.15) is 5.21 Å². The van der Waals surface area contributed by atoms with Crippen LogP contribution in [0.2, 0.25) is 0 Å². The predicted molar refractivity (Wildman–Crippen MR) is 72.1 cm³/mol. The van der Waals surface area contributed by atoms with Gasteiger partial charge in [0.1, 0.15) is 0 Å². The van der Waals surface area contributed by atoms with Crippen molar-refractivity contribution in [1.29, 1.82) is 0 Å². The van der Waals surface area contributed by atoms with Crippen LogP contribution in [-0.2, 0) is 6.42 Å². The van der Waals surface area contributed by atoms with Crippen molar-refractivity contribution < 1.29 is 4.79 Å². The van der Waals surface area contributed by atoms with Gasteiger partial charge in [-0.3, -0.25) is 4.79 Å². The lowest BCUT2D eigenvalue weighted by Gasteiger charge is -1.96. The number of carbonyl (C=O) groups excluding carboxylic acids is 1. The number of H-pyrrole nitrogens is 1. The first-order valence-corrected chi connectivity index (χ1v) is 6.54. The molecule has 3 rings (SSSR count). The molecule has 3 aromatic rings. The molecule has 0 aliphatic rings. The number of nitrogens with zero attached hydrogens (tertiary/aromatic N) is 3. The first-order valence-electron chi connectivity index (χ1n) is 5.72. The van der Waals surface area contributed by atoms with E-state index in [0.29, 0.717) is 10.7 Å². The van der Waals surface area contributed by atoms with Crippen molar-refractivity contribution >= 4 is 17.6 Å². The zero-order valence-electron chi connectivity index (χ0n) is 9.91. The van der Waals surface area contributed by atoms with Crippen LogP contribution < -0.4 is 0 Å². The van der Waals surface area contributed by atoms with Gasteiger partial charge in [0.05, 0.1) is 4.88 Å². The molecule has 0 aliphatic heterocycles. The standard InChI is InChI=1S/C13H10N4OS/c18-8-12-11(13-14-16-17-15-13)7-10(19-12)6-9-4-2-1-3-5-9/h1-5,7-8H,6H2,(H,14,15,16,17). The lowest BCUT2D eigenvalue weighted by Crippen LogP contribution is -1.83. The van der Waals surface area contributed by atoms with E-state index in [4.69, 9.17) is 0 Å². The highest BCUT2D eigenvalue weighted by molar-refractivity contribution is 7.14. The van der Waals surface area contributed by atoms with Crippen LogP contribution in [-0.4, -0.2) is 26.9 Å². The number of hydrogen-bond donors (Lipinski definition) is 1. The molecule has 0 saturated heterocycles. The Kier molecular flexibility index (Phi) is 3.16. The van der Waals surface area contributed by atoms with Crippen LogP contribution in [0, 0.1) is 0 Å². The molecule has 94 valence electrons. The Morgan fingerprint density at radius 1 is 1.26 bits per heavy atom. The molecule has 2 heterocycles. The van der Waals surface area contributed by atoms with Crippen molar-refractivity contribution in [3.8, 4) is 11.4 Å². The third kappa shape index (κ3) is 2.43. The number of benzene rings is 1. The minimum Gasteiger partial charge on any atom is -0.297 e. The minimum absolute atomic E-state index is 0.456. The monoisotopic (exact) mass is 270 g/mol. The van der Waals surface area contributed by atoms with Crippen molar-refractivity contribution in [2.24, 2.45) is 0 Å². The van der Waals surface area contributed by atoms with E-state index in [2.05, 4.69) is 32.8 Å². The quantitative estimate of drug-likeness (QED) is 0.738. The molecule has 0 spiro atoms. The van der Waals surface area contributed by atoms with Gasteiger partial charge in [-0.1, -0.05) is 30.3 Å². The zero-order valence-corrected chi connectivity index (χ0v) is 10.7. The highest BCUT2D eigenvalue weighted by Crippen LogP contribution is 2.29. The average Bonchev–Trinajstić information content (AvgIpc) is 3.08. The third-order valence-corrected chi connectivity index (χ3v) is 3.79. The van der Waals surface area contributed by atoms with E-state index in [0.717, 1.165) is 23.1 Å². The summed E-state index contributed by atoms with van der Waals surface area (Å²) in [6, 6.07) is 12.1. The summed E-state index contributed by atoms with van der Waals surface area (Å²) >= 11 is 1.46. The normalized spacial score (nSPS) is 10.5. The summed E-state index contributed by atoms with van der Waals surface area (Å²) in [7, 11) is 0. The molecule has 1 N–H and O–H groups in total. The fourth-order valence-electron chi connectivity index (χ4n) is 1.88. The summed E-state index contributed by atoms with van der Waals surface area (Å²) in [6.07, 6.45) is 1.63. The first kappa shape index (κ1) is 11.7. The maximum Gasteiger partial charge on any atom is 0.206 e. The van der Waals surface area contributed by atoms with Gasteiger partial charge in [-0.05, 0) is 16.8 Å². The highest BCUT2D eigenvalue weighted by atomic mass is 32.1. The molecule has 0 fully saturated rings. The van der Waals surface area contributed by atoms with E-state index in [1.807, 2.05) is 24.3 Å². The predicted octanol–water partition coefficient (Wildman–Crippen LogP) is 2.33. The van der Waals surface area contributed by atoms with E-state index in [1.54, 1.807) is 0 Å². The Bertz CT molecular complexity index is 676. The third-order valence-electron chi connectivity index (χ3n) is 2.73. The van der Waals surface area contributed by atoms with Crippen LogP contribution in [0.5, 0.6) is 0 Å². The molecular formula is C13H10N4OS. The van der Waals surface area contributed by atoms with E-state index in [9.17, 15) is 4.79 Å². The topological polar surface area (TPSA) is 71.5 Å². The number of nitrogens with one attached hydrogen (secondary N) is 1. The van der Waals surface area contributed by atoms with Crippen LogP contribution in [0.4, 0.5) is 0 Å². The van der Waals surface area contributed by atoms with E-state index < -0.39 is 0 Å². The number of hydrogen-bond acceptors (Lipinski definition) is 5. The van der Waals surface area contributed by atoms with Crippen molar-refractivity contribution in [2.45, 2.75) is 6.42 Å². The molecular weight excluding hydrogens is 260 g/mol. The fraction of sp³-hybridized carbons (Fsp3) is 0.0769. The minimum atomic E-state index is 0.456. The first-order chi connectivity index (χ1) is 9.36. The molecule has 6 heteroatoms. The van der Waals surface area contributed by atoms with E-state index in [-0.39, 0.29) is 0 Å². The number of aromatic amines is 1. The Morgan fingerprint density at radius 3 is 2.79 bits per heavy atom. The molecule has 0 aliphatic carbocycles. The summed E-state index contributed by atoms with van der Waals surface area (Å²) in [5.74, 6) is 0.456. The Labute approximate surface area is 113 Å². The second kappa shape index (κ2) is 5.11. The van der Waals surface area contributed by atoms with Crippen LogP contribution in [0.1, 0.15) is 20.1 Å². The summed E-state index contributed by atoms with van der Waals surface area (Å²) in [5.41, 5.74) is 1.94. The molecule has 5 nitrogen and oxygen atoms in total. The van der Waals surface area contributed by atoms with Gasteiger partial charge in [0.15, 0.2) is 6.29 Å². The van der Waals surface area contributed by atoms with Gasteiger partial charge in [0.25, 0.3) is 0 Å². The SMILES string of the molecule is O=Cc1sc(Cc2ccccc2)cc1-c1nn[nH]n1. The maximum absolute atomic E-state index is 11.1. The summed E-state index contributed by atoms with van der Waals surface area (Å²) in [6.45, 7) is 0. The number of tetrazole rings is 1. The molecule has 0 bridgehead atoms. The molecule has 0 radical (unpaired) electrons. The second-order valence-corrected chi connectivity index (χ2v) is 5.17. The van der Waals surface area contributed by atoms with Gasteiger partial charge < -0.3 is 0 Å². The second-order valence-electron chi connectivity index (χ2n) is 4.01. The molecule has 2 aromatic heterocycles. The average molecular weight is 270 g/mol. The lowest BCUT2D eigenvalue weighted by atomic mass is 10.1. The van der Waals surface area contributed by atoms with Crippen LogP contribution in [0.15, 0.2) is 36.4 Å².